The number of nitrogens with one attached hydrogen (secondary N) is 2. The van der Waals surface area contributed by atoms with E-state index in [1.54, 1.807) is 23.9 Å². The van der Waals surface area contributed by atoms with E-state index in [2.05, 4.69) is 10.6 Å². The lowest BCUT2D eigenvalue weighted by Gasteiger charge is -2.19. The minimum Gasteiger partial charge on any atom is -0.345 e. The van der Waals surface area contributed by atoms with Crippen LogP contribution in [-0.4, -0.2) is 18.1 Å². The van der Waals surface area contributed by atoms with E-state index in [-0.39, 0.29) is 18.2 Å². The Morgan fingerprint density at radius 1 is 0.857 bits per heavy atom. The second kappa shape index (κ2) is 9.76. The van der Waals surface area contributed by atoms with Crippen molar-refractivity contribution in [2.75, 3.05) is 11.6 Å². The number of benzene rings is 3. The van der Waals surface area contributed by atoms with Crippen molar-refractivity contribution in [3.05, 3.63) is 96.1 Å². The van der Waals surface area contributed by atoms with Gasteiger partial charge in [-0.05, 0) is 48.2 Å². The Morgan fingerprint density at radius 3 is 2.07 bits per heavy atom. The van der Waals surface area contributed by atoms with Gasteiger partial charge in [0.05, 0.1) is 12.5 Å². The van der Waals surface area contributed by atoms with Gasteiger partial charge in [-0.25, -0.2) is 0 Å². The summed E-state index contributed by atoms with van der Waals surface area (Å²) in [7, 11) is 0. The third-order valence-corrected chi connectivity index (χ3v) is 5.05. The highest BCUT2D eigenvalue weighted by Crippen LogP contribution is 2.20. The number of carbonyl (C=O) groups is 2. The Labute approximate surface area is 169 Å². The van der Waals surface area contributed by atoms with Crippen LogP contribution in [0.2, 0.25) is 0 Å². The fourth-order valence-corrected chi connectivity index (χ4v) is 3.25. The van der Waals surface area contributed by atoms with Crippen molar-refractivity contribution in [2.45, 2.75) is 17.4 Å². The summed E-state index contributed by atoms with van der Waals surface area (Å²) in [5.74, 6) is -0.356. The summed E-state index contributed by atoms with van der Waals surface area (Å²) in [5.41, 5.74) is 2.19. The molecule has 1 unspecified atom stereocenters. The van der Waals surface area contributed by atoms with Gasteiger partial charge in [-0.3, -0.25) is 9.59 Å². The minimum absolute atomic E-state index is 0.146. The quantitative estimate of drug-likeness (QED) is 0.564. The van der Waals surface area contributed by atoms with Gasteiger partial charge in [0.25, 0.3) is 5.91 Å². The first kappa shape index (κ1) is 19.7. The van der Waals surface area contributed by atoms with Crippen LogP contribution in [0.15, 0.2) is 89.8 Å². The van der Waals surface area contributed by atoms with Crippen LogP contribution in [0.3, 0.4) is 0 Å². The van der Waals surface area contributed by atoms with Crippen LogP contribution in [0.5, 0.6) is 0 Å². The second-order valence-corrected chi connectivity index (χ2v) is 7.16. The first-order valence-electron chi connectivity index (χ1n) is 9.00. The zero-order valence-electron chi connectivity index (χ0n) is 15.6. The first-order chi connectivity index (χ1) is 13.7. The molecule has 0 spiro atoms. The summed E-state index contributed by atoms with van der Waals surface area (Å²) >= 11 is 1.65. The van der Waals surface area contributed by atoms with Gasteiger partial charge in [-0.2, -0.15) is 0 Å². The fraction of sp³-hybridized carbons (Fsp3) is 0.130. The highest BCUT2D eigenvalue weighted by molar-refractivity contribution is 7.98. The van der Waals surface area contributed by atoms with Crippen molar-refractivity contribution < 1.29 is 9.59 Å². The molecule has 4 nitrogen and oxygen atoms in total. The first-order valence-corrected chi connectivity index (χ1v) is 10.2. The molecule has 1 atom stereocenters. The Bertz CT molecular complexity index is 912. The lowest BCUT2D eigenvalue weighted by Crippen LogP contribution is -2.31. The number of amides is 2. The van der Waals surface area contributed by atoms with Crippen LogP contribution < -0.4 is 10.6 Å². The van der Waals surface area contributed by atoms with Crippen LogP contribution in [0, 0.1) is 0 Å². The maximum atomic E-state index is 12.6. The normalized spacial score (nSPS) is 11.5. The smallest absolute Gasteiger partial charge is 0.251 e. The molecule has 0 aromatic heterocycles. The van der Waals surface area contributed by atoms with Crippen molar-refractivity contribution in [3.8, 4) is 0 Å². The molecular formula is C23H22N2O2S. The summed E-state index contributed by atoms with van der Waals surface area (Å²) < 4.78 is 0. The maximum absolute atomic E-state index is 12.6. The van der Waals surface area contributed by atoms with E-state index in [1.807, 2.05) is 79.1 Å². The predicted octanol–water partition coefficient (Wildman–Crippen LogP) is 4.91. The lowest BCUT2D eigenvalue weighted by molar-refractivity contribution is -0.116. The van der Waals surface area contributed by atoms with Crippen LogP contribution in [0.1, 0.15) is 28.4 Å². The lowest BCUT2D eigenvalue weighted by atomic mass is 10.0. The molecule has 3 aromatic rings. The molecule has 2 N–H and O–H groups in total. The van der Waals surface area contributed by atoms with E-state index in [4.69, 9.17) is 0 Å². The Morgan fingerprint density at radius 2 is 1.46 bits per heavy atom. The summed E-state index contributed by atoms with van der Waals surface area (Å²) in [6.07, 6.45) is 2.15. The van der Waals surface area contributed by atoms with E-state index in [0.717, 1.165) is 16.1 Å². The number of hydrogen-bond donors (Lipinski definition) is 2. The van der Waals surface area contributed by atoms with Gasteiger partial charge in [-0.15, -0.1) is 11.8 Å². The molecule has 0 aliphatic rings. The molecule has 5 heteroatoms. The maximum Gasteiger partial charge on any atom is 0.251 e. The third-order valence-electron chi connectivity index (χ3n) is 4.31. The van der Waals surface area contributed by atoms with Crippen molar-refractivity contribution in [3.63, 3.8) is 0 Å². The molecule has 3 aromatic carbocycles. The Kier molecular flexibility index (Phi) is 6.87. The van der Waals surface area contributed by atoms with Crippen LogP contribution in [0.4, 0.5) is 5.69 Å². The van der Waals surface area contributed by atoms with Gasteiger partial charge in [0, 0.05) is 16.1 Å². The SMILES string of the molecule is CSc1ccc(NC(=O)CC(NC(=O)c2ccccc2)c2ccccc2)cc1. The van der Waals surface area contributed by atoms with Gasteiger partial charge >= 0.3 is 0 Å². The highest BCUT2D eigenvalue weighted by atomic mass is 32.2. The van der Waals surface area contributed by atoms with Gasteiger partial charge < -0.3 is 10.6 Å². The van der Waals surface area contributed by atoms with Gasteiger partial charge in [0.2, 0.25) is 5.91 Å². The summed E-state index contributed by atoms with van der Waals surface area (Å²) in [4.78, 5) is 26.3. The minimum atomic E-state index is -0.417. The summed E-state index contributed by atoms with van der Waals surface area (Å²) in [6.45, 7) is 0. The van der Waals surface area contributed by atoms with Gasteiger partial charge in [0.1, 0.15) is 0 Å². The molecule has 0 aliphatic carbocycles. The topological polar surface area (TPSA) is 58.2 Å². The number of hydrogen-bond acceptors (Lipinski definition) is 3. The molecule has 28 heavy (non-hydrogen) atoms. The monoisotopic (exact) mass is 390 g/mol. The van der Waals surface area contributed by atoms with Crippen LogP contribution in [-0.2, 0) is 4.79 Å². The fourth-order valence-electron chi connectivity index (χ4n) is 2.84. The average molecular weight is 391 g/mol. The standard InChI is InChI=1S/C23H22N2O2S/c1-28-20-14-12-19(13-15-20)24-22(26)16-21(17-8-4-2-5-9-17)25-23(27)18-10-6-3-7-11-18/h2-15,21H,16H2,1H3,(H,24,26)(H,25,27). The summed E-state index contributed by atoms with van der Waals surface area (Å²) in [5, 5.41) is 5.89. The molecule has 0 aliphatic heterocycles. The van der Waals surface area contributed by atoms with Crippen molar-refractivity contribution in [2.24, 2.45) is 0 Å². The molecule has 2 amide bonds. The van der Waals surface area contributed by atoms with E-state index < -0.39 is 6.04 Å². The molecule has 0 saturated heterocycles. The van der Waals surface area contributed by atoms with Crippen molar-refractivity contribution in [1.82, 2.24) is 5.32 Å². The molecule has 142 valence electrons. The molecular weight excluding hydrogens is 368 g/mol. The second-order valence-electron chi connectivity index (χ2n) is 6.28. The largest absolute Gasteiger partial charge is 0.345 e. The summed E-state index contributed by atoms with van der Waals surface area (Å²) in [6, 6.07) is 25.8. The molecule has 0 heterocycles. The third kappa shape index (κ3) is 5.47. The predicted molar refractivity (Wildman–Crippen MR) is 115 cm³/mol. The van der Waals surface area contributed by atoms with E-state index in [1.165, 1.54) is 0 Å². The molecule has 3 rings (SSSR count). The Balaban J connectivity index is 1.71. The van der Waals surface area contributed by atoms with Gasteiger partial charge in [-0.1, -0.05) is 48.5 Å². The van der Waals surface area contributed by atoms with Crippen molar-refractivity contribution >= 4 is 29.3 Å². The zero-order valence-corrected chi connectivity index (χ0v) is 16.4. The molecule has 0 saturated carbocycles. The Hall–Kier alpha value is -3.05. The van der Waals surface area contributed by atoms with Crippen LogP contribution >= 0.6 is 11.8 Å². The zero-order chi connectivity index (χ0) is 19.8. The van der Waals surface area contributed by atoms with E-state index in [0.29, 0.717) is 5.56 Å². The molecule has 0 bridgehead atoms. The highest BCUT2D eigenvalue weighted by Gasteiger charge is 2.19. The van der Waals surface area contributed by atoms with E-state index in [9.17, 15) is 9.59 Å². The van der Waals surface area contributed by atoms with E-state index >= 15 is 0 Å². The van der Waals surface area contributed by atoms with Crippen LogP contribution in [0.25, 0.3) is 0 Å². The van der Waals surface area contributed by atoms with Crippen molar-refractivity contribution in [1.29, 1.82) is 0 Å². The van der Waals surface area contributed by atoms with Gasteiger partial charge in [0.15, 0.2) is 0 Å². The number of anilines is 1. The number of thioether (sulfide) groups is 1. The molecule has 0 radical (unpaired) electrons. The number of rotatable bonds is 7. The number of carbonyl (C=O) groups excluding carboxylic acids is 2. The molecule has 0 fully saturated rings. The average Bonchev–Trinajstić information content (AvgIpc) is 2.75.